The number of hydrogen-bond donors (Lipinski definition) is 1. The molecule has 8 heteroatoms. The topological polar surface area (TPSA) is 65.1 Å². The van der Waals surface area contributed by atoms with Crippen molar-refractivity contribution >= 4 is 21.4 Å². The van der Waals surface area contributed by atoms with E-state index in [9.17, 15) is 8.42 Å². The van der Waals surface area contributed by atoms with Crippen LogP contribution in [0.5, 0.6) is 5.75 Å². The van der Waals surface area contributed by atoms with E-state index in [0.29, 0.717) is 18.9 Å². The first-order valence-corrected chi connectivity index (χ1v) is 13.9. The average molecular weight is 509 g/mol. The van der Waals surface area contributed by atoms with E-state index in [1.54, 1.807) is 24.3 Å². The van der Waals surface area contributed by atoms with Gasteiger partial charge in [-0.05, 0) is 61.0 Å². The van der Waals surface area contributed by atoms with Gasteiger partial charge in [-0.2, -0.15) is 0 Å². The zero-order chi connectivity index (χ0) is 25.5. The third kappa shape index (κ3) is 6.37. The lowest BCUT2D eigenvalue weighted by molar-refractivity contribution is 0.187. The summed E-state index contributed by atoms with van der Waals surface area (Å²) in [6.45, 7) is 6.21. The molecule has 0 aliphatic carbocycles. The second-order valence-electron chi connectivity index (χ2n) is 9.12. The molecule has 36 heavy (non-hydrogen) atoms. The van der Waals surface area contributed by atoms with Crippen LogP contribution in [-0.4, -0.2) is 66.7 Å². The van der Waals surface area contributed by atoms with Crippen LogP contribution in [0.1, 0.15) is 18.5 Å². The Morgan fingerprint density at radius 3 is 2.11 bits per heavy atom. The zero-order valence-electron chi connectivity index (χ0n) is 21.3. The number of anilines is 2. The minimum absolute atomic E-state index is 0.0726. The fourth-order valence-electron chi connectivity index (χ4n) is 4.54. The average Bonchev–Trinajstić information content (AvgIpc) is 2.90. The molecule has 192 valence electrons. The summed E-state index contributed by atoms with van der Waals surface area (Å²) >= 11 is 0. The molecule has 1 atom stereocenters. The summed E-state index contributed by atoms with van der Waals surface area (Å²) in [6, 6.07) is 25.3. The lowest BCUT2D eigenvalue weighted by Crippen LogP contribution is -2.49. The summed E-state index contributed by atoms with van der Waals surface area (Å²) in [5.74, 6) is 0.659. The van der Waals surface area contributed by atoms with Gasteiger partial charge in [-0.15, -0.1) is 0 Å². The van der Waals surface area contributed by atoms with Crippen molar-refractivity contribution in [2.24, 2.45) is 0 Å². The summed E-state index contributed by atoms with van der Waals surface area (Å²) in [6.07, 6.45) is 0. The largest absolute Gasteiger partial charge is 0.494 e. The van der Waals surface area contributed by atoms with E-state index in [0.717, 1.165) is 37.4 Å². The molecule has 3 aromatic carbocycles. The number of para-hydroxylation sites is 1. The first-order valence-electron chi connectivity index (χ1n) is 12.4. The van der Waals surface area contributed by atoms with Gasteiger partial charge in [0.25, 0.3) is 0 Å². The molecule has 1 aliphatic heterocycles. The molecule has 0 radical (unpaired) electrons. The Balaban J connectivity index is 1.50. The van der Waals surface area contributed by atoms with Crippen molar-refractivity contribution in [2.75, 3.05) is 63.2 Å². The Morgan fingerprint density at radius 2 is 1.53 bits per heavy atom. The molecule has 0 saturated carbocycles. The third-order valence-corrected chi connectivity index (χ3v) is 8.02. The molecule has 0 aromatic heterocycles. The summed E-state index contributed by atoms with van der Waals surface area (Å²) in [7, 11) is 0.368. The van der Waals surface area contributed by atoms with Gasteiger partial charge >= 0.3 is 0 Å². The van der Waals surface area contributed by atoms with E-state index in [4.69, 9.17) is 4.74 Å². The second kappa shape index (κ2) is 11.8. The SMILES string of the molecule is CCOc1ccc(S(=O)(=O)NCC(c2ccc(N(C)C)cc2)N2CCN(c3ccccc3)CC2)cc1. The van der Waals surface area contributed by atoms with Crippen LogP contribution >= 0.6 is 0 Å². The van der Waals surface area contributed by atoms with Crippen LogP contribution in [0.15, 0.2) is 83.8 Å². The van der Waals surface area contributed by atoms with E-state index < -0.39 is 10.0 Å². The van der Waals surface area contributed by atoms with Crippen LogP contribution in [0.25, 0.3) is 0 Å². The monoisotopic (exact) mass is 508 g/mol. The van der Waals surface area contributed by atoms with Gasteiger partial charge in [0.05, 0.1) is 11.5 Å². The maximum atomic E-state index is 13.1. The minimum atomic E-state index is -3.66. The molecule has 1 heterocycles. The number of nitrogens with zero attached hydrogens (tertiary/aromatic N) is 3. The normalized spacial score (nSPS) is 15.5. The molecule has 1 saturated heterocycles. The Labute approximate surface area is 215 Å². The Morgan fingerprint density at radius 1 is 0.889 bits per heavy atom. The van der Waals surface area contributed by atoms with Gasteiger partial charge in [0.2, 0.25) is 10.0 Å². The molecule has 1 unspecified atom stereocenters. The van der Waals surface area contributed by atoms with Crippen molar-refractivity contribution in [1.82, 2.24) is 9.62 Å². The molecule has 0 amide bonds. The molecular weight excluding hydrogens is 472 g/mol. The van der Waals surface area contributed by atoms with Gasteiger partial charge in [-0.3, -0.25) is 4.90 Å². The molecule has 1 N–H and O–H groups in total. The molecule has 7 nitrogen and oxygen atoms in total. The third-order valence-electron chi connectivity index (χ3n) is 6.58. The first-order chi connectivity index (χ1) is 17.4. The molecule has 3 aromatic rings. The Hall–Kier alpha value is -3.07. The molecule has 1 aliphatic rings. The van der Waals surface area contributed by atoms with E-state index >= 15 is 0 Å². The number of rotatable bonds is 10. The fraction of sp³-hybridized carbons (Fsp3) is 0.357. The van der Waals surface area contributed by atoms with Crippen molar-refractivity contribution < 1.29 is 13.2 Å². The lowest BCUT2D eigenvalue weighted by Gasteiger charge is -2.40. The zero-order valence-corrected chi connectivity index (χ0v) is 22.1. The highest BCUT2D eigenvalue weighted by Gasteiger charge is 2.27. The van der Waals surface area contributed by atoms with E-state index in [-0.39, 0.29) is 10.9 Å². The number of ether oxygens (including phenoxy) is 1. The molecule has 0 spiro atoms. The van der Waals surface area contributed by atoms with Crippen molar-refractivity contribution in [1.29, 1.82) is 0 Å². The summed E-state index contributed by atoms with van der Waals surface area (Å²) in [4.78, 5) is 7.06. The van der Waals surface area contributed by atoms with E-state index in [2.05, 4.69) is 68.0 Å². The standard InChI is InChI=1S/C28H36N4O3S/c1-4-35-26-14-16-27(17-15-26)36(33,34)29-22-28(23-10-12-24(13-11-23)30(2)3)32-20-18-31(19-21-32)25-8-6-5-7-9-25/h5-17,28-29H,4,18-22H2,1-3H3. The molecule has 0 bridgehead atoms. The second-order valence-corrected chi connectivity index (χ2v) is 10.9. The van der Waals surface area contributed by atoms with Crippen molar-refractivity contribution in [2.45, 2.75) is 17.9 Å². The van der Waals surface area contributed by atoms with Crippen LogP contribution in [-0.2, 0) is 10.0 Å². The van der Waals surface area contributed by atoms with Crippen LogP contribution < -0.4 is 19.3 Å². The smallest absolute Gasteiger partial charge is 0.240 e. The number of nitrogens with one attached hydrogen (secondary N) is 1. The van der Waals surface area contributed by atoms with Gasteiger partial charge in [0, 0.05) is 64.2 Å². The van der Waals surface area contributed by atoms with E-state index in [1.165, 1.54) is 5.69 Å². The van der Waals surface area contributed by atoms with Gasteiger partial charge in [0.1, 0.15) is 5.75 Å². The first kappa shape index (κ1) is 26.0. The number of piperazine rings is 1. The van der Waals surface area contributed by atoms with Crippen LogP contribution in [0.3, 0.4) is 0 Å². The Kier molecular flexibility index (Phi) is 8.51. The maximum absolute atomic E-state index is 13.1. The number of hydrogen-bond acceptors (Lipinski definition) is 6. The molecule has 1 fully saturated rings. The van der Waals surface area contributed by atoms with E-state index in [1.807, 2.05) is 27.1 Å². The minimum Gasteiger partial charge on any atom is -0.494 e. The highest BCUT2D eigenvalue weighted by atomic mass is 32.2. The number of benzene rings is 3. The molecular formula is C28H36N4O3S. The van der Waals surface area contributed by atoms with Gasteiger partial charge in [-0.1, -0.05) is 30.3 Å². The Bertz CT molecular complexity index is 1190. The predicted octanol–water partition coefficient (Wildman–Crippen LogP) is 3.99. The maximum Gasteiger partial charge on any atom is 0.240 e. The van der Waals surface area contributed by atoms with Gasteiger partial charge in [0.15, 0.2) is 0 Å². The summed E-state index contributed by atoms with van der Waals surface area (Å²) < 4.78 is 34.5. The van der Waals surface area contributed by atoms with Gasteiger partial charge in [-0.25, -0.2) is 13.1 Å². The van der Waals surface area contributed by atoms with Crippen LogP contribution in [0.4, 0.5) is 11.4 Å². The van der Waals surface area contributed by atoms with Crippen molar-refractivity contribution in [3.8, 4) is 5.75 Å². The van der Waals surface area contributed by atoms with Crippen molar-refractivity contribution in [3.05, 3.63) is 84.4 Å². The molecule has 4 rings (SSSR count). The van der Waals surface area contributed by atoms with Crippen LogP contribution in [0.2, 0.25) is 0 Å². The highest BCUT2D eigenvalue weighted by molar-refractivity contribution is 7.89. The summed E-state index contributed by atoms with van der Waals surface area (Å²) in [5.41, 5.74) is 3.43. The number of sulfonamides is 1. The highest BCUT2D eigenvalue weighted by Crippen LogP contribution is 2.26. The van der Waals surface area contributed by atoms with Crippen molar-refractivity contribution in [3.63, 3.8) is 0 Å². The quantitative estimate of drug-likeness (QED) is 0.447. The fourth-order valence-corrected chi connectivity index (χ4v) is 5.57. The predicted molar refractivity (Wildman–Crippen MR) is 147 cm³/mol. The van der Waals surface area contributed by atoms with Gasteiger partial charge < -0.3 is 14.5 Å². The summed E-state index contributed by atoms with van der Waals surface area (Å²) in [5, 5.41) is 0. The lowest BCUT2D eigenvalue weighted by atomic mass is 10.0. The van der Waals surface area contributed by atoms with Crippen LogP contribution in [0, 0.1) is 0 Å².